The fraction of sp³-hybridized carbons (Fsp3) is 0.381. The van der Waals surface area contributed by atoms with E-state index in [1.807, 2.05) is 4.90 Å². The highest BCUT2D eigenvalue weighted by atomic mass is 35.5. The first-order valence-electron chi connectivity index (χ1n) is 9.10. The van der Waals surface area contributed by atoms with Crippen LogP contribution in [0.1, 0.15) is 46.8 Å². The largest absolute Gasteiger partial charge is 0.489 e. The third-order valence-electron chi connectivity index (χ3n) is 5.02. The van der Waals surface area contributed by atoms with Crippen LogP contribution in [-0.2, 0) is 0 Å². The third-order valence-corrected chi connectivity index (χ3v) is 5.31. The highest BCUT2D eigenvalue weighted by Gasteiger charge is 2.31. The zero-order valence-electron chi connectivity index (χ0n) is 14.8. The molecule has 0 aliphatic carbocycles. The minimum atomic E-state index is -0.00868. The van der Waals surface area contributed by atoms with Gasteiger partial charge in [0.25, 0.3) is 5.91 Å². The number of benzene rings is 2. The van der Waals surface area contributed by atoms with E-state index >= 15 is 0 Å². The number of hydrogen-bond acceptors (Lipinski definition) is 3. The van der Waals surface area contributed by atoms with Crippen molar-refractivity contribution in [1.29, 1.82) is 0 Å². The summed E-state index contributed by atoms with van der Waals surface area (Å²) in [4.78, 5) is 15.1. The average molecular weight is 372 g/mol. The van der Waals surface area contributed by atoms with E-state index in [1.165, 1.54) is 11.1 Å². The molecule has 136 valence electrons. The molecule has 1 unspecified atom stereocenters. The topological polar surface area (TPSA) is 38.8 Å². The number of nitrogens with zero attached hydrogens (tertiary/aromatic N) is 1. The van der Waals surface area contributed by atoms with Crippen LogP contribution in [0.3, 0.4) is 0 Å². The molecular weight excluding hydrogens is 350 g/mol. The summed E-state index contributed by atoms with van der Waals surface area (Å²) in [5, 5.41) is 0.429. The van der Waals surface area contributed by atoms with Crippen LogP contribution in [0, 0.1) is 6.92 Å². The number of likely N-dealkylation sites (tertiary alicyclic amines) is 1. The quantitative estimate of drug-likeness (QED) is 0.762. The summed E-state index contributed by atoms with van der Waals surface area (Å²) in [5.74, 6) is 1.09. The van der Waals surface area contributed by atoms with Gasteiger partial charge in [-0.05, 0) is 37.5 Å². The summed E-state index contributed by atoms with van der Waals surface area (Å²) in [5.41, 5.74) is 2.96. The second-order valence-electron chi connectivity index (χ2n) is 6.90. The van der Waals surface area contributed by atoms with Gasteiger partial charge in [-0.2, -0.15) is 0 Å². The molecule has 1 atom stereocenters. The Hall–Kier alpha value is -2.20. The predicted octanol–water partition coefficient (Wildman–Crippen LogP) is 4.79. The molecule has 2 aromatic carbocycles. The molecule has 4 rings (SSSR count). The molecule has 4 nitrogen and oxygen atoms in total. The van der Waals surface area contributed by atoms with Crippen molar-refractivity contribution in [2.75, 3.05) is 19.8 Å². The maximum Gasteiger partial charge on any atom is 0.254 e. The first-order valence-corrected chi connectivity index (χ1v) is 9.48. The molecule has 0 bridgehead atoms. The second-order valence-corrected chi connectivity index (χ2v) is 7.31. The van der Waals surface area contributed by atoms with Gasteiger partial charge >= 0.3 is 0 Å². The molecule has 26 heavy (non-hydrogen) atoms. The van der Waals surface area contributed by atoms with Crippen molar-refractivity contribution >= 4 is 17.5 Å². The minimum absolute atomic E-state index is 0.00868. The van der Waals surface area contributed by atoms with Crippen LogP contribution in [0.15, 0.2) is 36.4 Å². The van der Waals surface area contributed by atoms with Crippen LogP contribution < -0.4 is 9.47 Å². The summed E-state index contributed by atoms with van der Waals surface area (Å²) in [7, 11) is 0. The number of rotatable bonds is 2. The SMILES string of the molecule is Cc1ccc(C2CCCN2C(=O)c2cc(Cl)c3c(c2)OCCCO3)cc1. The summed E-state index contributed by atoms with van der Waals surface area (Å²) in [6, 6.07) is 12.0. The first-order chi connectivity index (χ1) is 12.6. The Bertz CT molecular complexity index is 819. The van der Waals surface area contributed by atoms with E-state index in [0.717, 1.165) is 25.8 Å². The molecule has 0 aromatic heterocycles. The second kappa shape index (κ2) is 7.20. The van der Waals surface area contributed by atoms with E-state index in [0.29, 0.717) is 35.3 Å². The Morgan fingerprint density at radius 1 is 1.12 bits per heavy atom. The van der Waals surface area contributed by atoms with Gasteiger partial charge in [0.1, 0.15) is 0 Å². The van der Waals surface area contributed by atoms with E-state index in [1.54, 1.807) is 12.1 Å². The van der Waals surface area contributed by atoms with Gasteiger partial charge in [0.15, 0.2) is 11.5 Å². The van der Waals surface area contributed by atoms with Crippen molar-refractivity contribution in [2.24, 2.45) is 0 Å². The predicted molar refractivity (Wildman–Crippen MR) is 101 cm³/mol. The normalized spacial score (nSPS) is 19.3. The van der Waals surface area contributed by atoms with Gasteiger partial charge in [-0.25, -0.2) is 0 Å². The standard InChI is InChI=1S/C21H22ClNO3/c1-14-5-7-15(8-6-14)18-4-2-9-23(18)21(24)16-12-17(22)20-19(13-16)25-10-3-11-26-20/h5-8,12-13,18H,2-4,9-11H2,1H3. The molecule has 0 N–H and O–H groups in total. The number of carbonyl (C=O) groups is 1. The fourth-order valence-electron chi connectivity index (χ4n) is 3.67. The van der Waals surface area contributed by atoms with E-state index in [2.05, 4.69) is 31.2 Å². The Labute approximate surface area is 158 Å². The number of fused-ring (bicyclic) bond motifs is 1. The Kier molecular flexibility index (Phi) is 4.77. The number of aryl methyl sites for hydroxylation is 1. The highest BCUT2D eigenvalue weighted by molar-refractivity contribution is 6.32. The maximum absolute atomic E-state index is 13.2. The molecule has 0 radical (unpaired) electrons. The lowest BCUT2D eigenvalue weighted by molar-refractivity contribution is 0.0735. The van der Waals surface area contributed by atoms with Crippen LogP contribution in [0.4, 0.5) is 0 Å². The number of carbonyl (C=O) groups excluding carboxylic acids is 1. The zero-order chi connectivity index (χ0) is 18.1. The molecule has 2 aromatic rings. The van der Waals surface area contributed by atoms with Gasteiger partial charge in [-0.3, -0.25) is 4.79 Å². The Morgan fingerprint density at radius 2 is 1.88 bits per heavy atom. The lowest BCUT2D eigenvalue weighted by Crippen LogP contribution is -2.30. The lowest BCUT2D eigenvalue weighted by Gasteiger charge is -2.26. The van der Waals surface area contributed by atoms with Crippen molar-refractivity contribution in [3.05, 3.63) is 58.1 Å². The van der Waals surface area contributed by atoms with Crippen LogP contribution >= 0.6 is 11.6 Å². The number of halogens is 1. The monoisotopic (exact) mass is 371 g/mol. The molecule has 2 heterocycles. The van der Waals surface area contributed by atoms with Gasteiger partial charge < -0.3 is 14.4 Å². The van der Waals surface area contributed by atoms with Gasteiger partial charge in [0.05, 0.1) is 24.3 Å². The van der Waals surface area contributed by atoms with Crippen LogP contribution in [0.25, 0.3) is 0 Å². The van der Waals surface area contributed by atoms with E-state index in [4.69, 9.17) is 21.1 Å². The fourth-order valence-corrected chi connectivity index (χ4v) is 3.93. The number of amides is 1. The molecule has 0 spiro atoms. The third kappa shape index (κ3) is 3.26. The zero-order valence-corrected chi connectivity index (χ0v) is 15.6. The van der Waals surface area contributed by atoms with Crippen molar-refractivity contribution in [1.82, 2.24) is 4.90 Å². The lowest BCUT2D eigenvalue weighted by atomic mass is 10.0. The van der Waals surface area contributed by atoms with Crippen LogP contribution in [0.5, 0.6) is 11.5 Å². The van der Waals surface area contributed by atoms with Crippen LogP contribution in [-0.4, -0.2) is 30.6 Å². The Balaban J connectivity index is 1.63. The molecule has 1 amide bonds. The highest BCUT2D eigenvalue weighted by Crippen LogP contribution is 2.40. The summed E-state index contributed by atoms with van der Waals surface area (Å²) in [6.07, 6.45) is 2.78. The first kappa shape index (κ1) is 17.2. The van der Waals surface area contributed by atoms with Gasteiger partial charge in [-0.1, -0.05) is 41.4 Å². The van der Waals surface area contributed by atoms with Crippen molar-refractivity contribution in [3.8, 4) is 11.5 Å². The molecule has 2 aliphatic rings. The van der Waals surface area contributed by atoms with E-state index in [9.17, 15) is 4.79 Å². The molecule has 0 saturated carbocycles. The van der Waals surface area contributed by atoms with Crippen molar-refractivity contribution in [2.45, 2.75) is 32.2 Å². The van der Waals surface area contributed by atoms with Gasteiger partial charge in [-0.15, -0.1) is 0 Å². The summed E-state index contributed by atoms with van der Waals surface area (Å²) >= 11 is 6.37. The van der Waals surface area contributed by atoms with Crippen molar-refractivity contribution in [3.63, 3.8) is 0 Å². The Morgan fingerprint density at radius 3 is 2.69 bits per heavy atom. The molecular formula is C21H22ClNO3. The van der Waals surface area contributed by atoms with Gasteiger partial charge in [0.2, 0.25) is 0 Å². The maximum atomic E-state index is 13.2. The number of hydrogen-bond donors (Lipinski definition) is 0. The summed E-state index contributed by atoms with van der Waals surface area (Å²) in [6.45, 7) is 3.96. The van der Waals surface area contributed by atoms with Crippen LogP contribution in [0.2, 0.25) is 5.02 Å². The molecule has 1 saturated heterocycles. The summed E-state index contributed by atoms with van der Waals surface area (Å²) < 4.78 is 11.4. The molecule has 5 heteroatoms. The molecule has 1 fully saturated rings. The molecule has 2 aliphatic heterocycles. The average Bonchev–Trinajstić information content (AvgIpc) is 3.00. The minimum Gasteiger partial charge on any atom is -0.489 e. The van der Waals surface area contributed by atoms with E-state index in [-0.39, 0.29) is 11.9 Å². The van der Waals surface area contributed by atoms with Gasteiger partial charge in [0, 0.05) is 18.5 Å². The van der Waals surface area contributed by atoms with Crippen molar-refractivity contribution < 1.29 is 14.3 Å². The number of ether oxygens (including phenoxy) is 2. The smallest absolute Gasteiger partial charge is 0.254 e. The van der Waals surface area contributed by atoms with E-state index < -0.39 is 0 Å².